The molecule has 8 rings (SSSR count). The highest BCUT2D eigenvalue weighted by molar-refractivity contribution is 6.99. The van der Waals surface area contributed by atoms with Gasteiger partial charge >= 0.3 is 0 Å². The molecule has 322 valence electrons. The Morgan fingerprint density at radius 1 is 0.403 bits per heavy atom. The Hall–Kier alpha value is -5.03. The van der Waals surface area contributed by atoms with Gasteiger partial charge in [-0.15, -0.1) is 0 Å². The predicted molar refractivity (Wildman–Crippen MR) is 268 cm³/mol. The average Bonchev–Trinajstić information content (AvgIpc) is 3.60. The molecule has 0 saturated heterocycles. The Bertz CT molecular complexity index is 2640. The number of nitrogens with zero attached hydrogens (tertiary/aromatic N) is 3. The Morgan fingerprint density at radius 2 is 0.839 bits per heavy atom. The van der Waals surface area contributed by atoms with Gasteiger partial charge in [0.05, 0.1) is 5.59 Å². The zero-order valence-electron chi connectivity index (χ0n) is 41.1. The molecule has 0 radical (unpaired) electrons. The SMILES string of the molecule is CC(C)(C)c1ccc(-c2nc3c(o2)N(c2cc(C(C)(C)C)cc(C(C)(C)C)c2)c2cc(C(C)(C)C)cc4c2B3c2cc(C(C)(C)C)ccc2N4c2ccc(C(C)(C)C)cc2)cc1. The van der Waals surface area contributed by atoms with Crippen LogP contribution in [-0.4, -0.2) is 11.7 Å². The molecule has 5 heteroatoms. The quantitative estimate of drug-likeness (QED) is 0.166. The van der Waals surface area contributed by atoms with Crippen LogP contribution in [-0.2, 0) is 32.5 Å². The van der Waals surface area contributed by atoms with Crippen molar-refractivity contribution < 1.29 is 4.42 Å². The van der Waals surface area contributed by atoms with Gasteiger partial charge in [-0.2, -0.15) is 0 Å². The minimum atomic E-state index is -0.165. The molecule has 3 heterocycles. The van der Waals surface area contributed by atoms with Gasteiger partial charge in [-0.3, -0.25) is 4.90 Å². The van der Waals surface area contributed by atoms with Crippen LogP contribution in [0.3, 0.4) is 0 Å². The van der Waals surface area contributed by atoms with Crippen LogP contribution in [0.25, 0.3) is 11.5 Å². The highest BCUT2D eigenvalue weighted by Crippen LogP contribution is 2.48. The van der Waals surface area contributed by atoms with Crippen molar-refractivity contribution in [2.75, 3.05) is 9.80 Å². The van der Waals surface area contributed by atoms with Gasteiger partial charge in [0, 0.05) is 34.0 Å². The van der Waals surface area contributed by atoms with Gasteiger partial charge in [-0.25, -0.2) is 4.98 Å². The zero-order valence-corrected chi connectivity index (χ0v) is 41.1. The van der Waals surface area contributed by atoms with Gasteiger partial charge in [0.25, 0.3) is 6.71 Å². The molecule has 1 aromatic heterocycles. The highest BCUT2D eigenvalue weighted by Gasteiger charge is 2.48. The topological polar surface area (TPSA) is 32.5 Å². The minimum Gasteiger partial charge on any atom is -0.420 e. The summed E-state index contributed by atoms with van der Waals surface area (Å²) in [6, 6.07) is 37.4. The molecule has 4 nitrogen and oxygen atoms in total. The molecule has 0 saturated carbocycles. The van der Waals surface area contributed by atoms with Crippen LogP contribution in [0.5, 0.6) is 0 Å². The fourth-order valence-corrected chi connectivity index (χ4v) is 9.02. The van der Waals surface area contributed by atoms with E-state index in [2.05, 4.69) is 231 Å². The molecule has 62 heavy (non-hydrogen) atoms. The van der Waals surface area contributed by atoms with Crippen molar-refractivity contribution in [2.24, 2.45) is 0 Å². The molecule has 0 amide bonds. The van der Waals surface area contributed by atoms with E-state index in [1.54, 1.807) is 0 Å². The summed E-state index contributed by atoms with van der Waals surface area (Å²) in [5.74, 6) is 1.43. The van der Waals surface area contributed by atoms with Crippen LogP contribution in [0, 0.1) is 0 Å². The van der Waals surface area contributed by atoms with Crippen molar-refractivity contribution in [3.63, 3.8) is 0 Å². The lowest BCUT2D eigenvalue weighted by Gasteiger charge is -2.43. The first kappa shape index (κ1) is 43.6. The first-order chi connectivity index (χ1) is 28.5. The summed E-state index contributed by atoms with van der Waals surface area (Å²) in [5, 5.41) is 0. The molecular weight excluding hydrogens is 753 g/mol. The van der Waals surface area contributed by atoms with Crippen LogP contribution in [0.15, 0.2) is 101 Å². The Balaban J connectivity index is 1.51. The van der Waals surface area contributed by atoms with Gasteiger partial charge in [-0.05, 0) is 131 Å². The van der Waals surface area contributed by atoms with E-state index < -0.39 is 0 Å². The van der Waals surface area contributed by atoms with Gasteiger partial charge in [0.15, 0.2) is 0 Å². The van der Waals surface area contributed by atoms with Gasteiger partial charge in [0.1, 0.15) is 0 Å². The Labute approximate surface area is 374 Å². The number of hydrogen-bond acceptors (Lipinski definition) is 4. The number of hydrogen-bond donors (Lipinski definition) is 0. The summed E-state index contributed by atoms with van der Waals surface area (Å²) in [4.78, 5) is 10.6. The van der Waals surface area contributed by atoms with E-state index in [4.69, 9.17) is 9.40 Å². The maximum absolute atomic E-state index is 7.28. The van der Waals surface area contributed by atoms with E-state index in [-0.39, 0.29) is 39.2 Å². The lowest BCUT2D eigenvalue weighted by atomic mass is 9.35. The van der Waals surface area contributed by atoms with Crippen molar-refractivity contribution in [3.8, 4) is 11.5 Å². The second-order valence-electron chi connectivity index (χ2n) is 24.4. The van der Waals surface area contributed by atoms with Crippen LogP contribution in [0.2, 0.25) is 0 Å². The molecule has 0 unspecified atom stereocenters. The summed E-state index contributed by atoms with van der Waals surface area (Å²) in [6.07, 6.45) is 0. The van der Waals surface area contributed by atoms with Crippen LogP contribution in [0.1, 0.15) is 158 Å². The van der Waals surface area contributed by atoms with E-state index in [9.17, 15) is 0 Å². The lowest BCUT2D eigenvalue weighted by Crippen LogP contribution is -2.62. The van der Waals surface area contributed by atoms with Crippen LogP contribution in [0.4, 0.5) is 34.3 Å². The van der Waals surface area contributed by atoms with Crippen LogP contribution < -0.4 is 26.3 Å². The van der Waals surface area contributed by atoms with E-state index in [0.717, 1.165) is 34.1 Å². The average molecular weight is 824 g/mol. The molecule has 0 bridgehead atoms. The van der Waals surface area contributed by atoms with Crippen molar-refractivity contribution in [2.45, 2.75) is 157 Å². The highest BCUT2D eigenvalue weighted by atomic mass is 16.4. The molecule has 5 aromatic carbocycles. The van der Waals surface area contributed by atoms with Crippen molar-refractivity contribution in [1.82, 2.24) is 4.98 Å². The fourth-order valence-electron chi connectivity index (χ4n) is 9.02. The predicted octanol–water partition coefficient (Wildman–Crippen LogP) is 14.2. The summed E-state index contributed by atoms with van der Waals surface area (Å²) in [5.41, 5.74) is 17.7. The smallest absolute Gasteiger partial charge is 0.279 e. The molecule has 0 fully saturated rings. The standard InChI is InChI=1S/C57H70BN3O/c1-52(2,3)36-21-19-35(20-22-36)50-59-49-51(62-50)61(43-30-39(55(10,11)12)29-40(31-43)56(13,14)15)47-34-41(57(16,17)18)33-46-48(47)58(49)44-32-38(54(7,8)9)25-28-45(44)60(46)42-26-23-37(24-27-42)53(4,5)6/h19-34H,1-18H3. The molecule has 2 aliphatic heterocycles. The molecule has 0 aliphatic carbocycles. The maximum Gasteiger partial charge on any atom is 0.279 e. The van der Waals surface area contributed by atoms with Crippen LogP contribution >= 0.6 is 0 Å². The zero-order chi connectivity index (χ0) is 45.3. The van der Waals surface area contributed by atoms with Gasteiger partial charge < -0.3 is 9.32 Å². The third-order valence-electron chi connectivity index (χ3n) is 13.2. The van der Waals surface area contributed by atoms with Crippen molar-refractivity contribution >= 4 is 57.6 Å². The largest absolute Gasteiger partial charge is 0.420 e. The number of anilines is 6. The molecule has 0 atom stereocenters. The number of fused-ring (bicyclic) bond motifs is 4. The normalized spacial score (nSPS) is 14.5. The number of rotatable bonds is 3. The molecule has 6 aromatic rings. The molecule has 0 spiro atoms. The first-order valence-corrected chi connectivity index (χ1v) is 22.8. The fraction of sp³-hybridized carbons (Fsp3) is 0.421. The van der Waals surface area contributed by atoms with Gasteiger partial charge in [0.2, 0.25) is 11.8 Å². The third kappa shape index (κ3) is 7.73. The Kier molecular flexibility index (Phi) is 10.0. The second-order valence-corrected chi connectivity index (χ2v) is 24.4. The molecule has 2 aliphatic rings. The van der Waals surface area contributed by atoms with Crippen molar-refractivity contribution in [3.05, 3.63) is 130 Å². The van der Waals surface area contributed by atoms with E-state index in [1.807, 2.05) is 0 Å². The summed E-state index contributed by atoms with van der Waals surface area (Å²) in [7, 11) is 0. The summed E-state index contributed by atoms with van der Waals surface area (Å²) >= 11 is 0. The van der Waals surface area contributed by atoms with E-state index in [1.165, 1.54) is 55.7 Å². The van der Waals surface area contributed by atoms with E-state index in [0.29, 0.717) is 5.89 Å². The van der Waals surface area contributed by atoms with E-state index >= 15 is 0 Å². The first-order valence-electron chi connectivity index (χ1n) is 22.8. The maximum atomic E-state index is 7.28. The molecular formula is C57H70BN3O. The number of benzene rings is 5. The summed E-state index contributed by atoms with van der Waals surface area (Å²) in [6.45, 7) is 41.3. The Morgan fingerprint density at radius 3 is 1.32 bits per heavy atom. The minimum absolute atomic E-state index is 0.0340. The molecule has 0 N–H and O–H groups in total. The number of oxazole rings is 1. The monoisotopic (exact) mass is 824 g/mol. The third-order valence-corrected chi connectivity index (χ3v) is 13.2. The van der Waals surface area contributed by atoms with Crippen molar-refractivity contribution in [1.29, 1.82) is 0 Å². The summed E-state index contributed by atoms with van der Waals surface area (Å²) < 4.78 is 7.28. The van der Waals surface area contributed by atoms with Gasteiger partial charge in [-0.1, -0.05) is 167 Å². The number of aromatic nitrogens is 1. The second kappa shape index (κ2) is 14.2. The lowest BCUT2D eigenvalue weighted by molar-refractivity contribution is 0.566.